The second-order valence-electron chi connectivity index (χ2n) is 8.66. The summed E-state index contributed by atoms with van der Waals surface area (Å²) in [7, 11) is 0. The highest BCUT2D eigenvalue weighted by Gasteiger charge is 2.24. The minimum absolute atomic E-state index is 0.265. The number of ether oxygens (including phenoxy) is 1. The van der Waals surface area contributed by atoms with Gasteiger partial charge in [-0.1, -0.05) is 6.08 Å². The SMILES string of the molecule is Cc1cc2c(cnn2-c2ccc(F)cc2)cc1C1=CCN(C(=O)OC(C)(C)C)CC1. The van der Waals surface area contributed by atoms with Gasteiger partial charge in [-0.15, -0.1) is 0 Å². The minimum atomic E-state index is -0.493. The van der Waals surface area contributed by atoms with Crippen molar-refractivity contribution in [3.63, 3.8) is 0 Å². The molecule has 0 atom stereocenters. The molecule has 0 aliphatic carbocycles. The first-order valence-electron chi connectivity index (χ1n) is 10.1. The number of hydrogen-bond donors (Lipinski definition) is 0. The number of nitrogens with zero attached hydrogens (tertiary/aromatic N) is 3. The van der Waals surface area contributed by atoms with E-state index in [0.717, 1.165) is 28.6 Å². The fraction of sp³-hybridized carbons (Fsp3) is 0.333. The van der Waals surface area contributed by atoms with Crippen LogP contribution in [0.25, 0.3) is 22.2 Å². The quantitative estimate of drug-likeness (QED) is 0.564. The van der Waals surface area contributed by atoms with Gasteiger partial charge in [0.1, 0.15) is 11.4 Å². The number of benzene rings is 2. The maximum atomic E-state index is 13.3. The summed E-state index contributed by atoms with van der Waals surface area (Å²) in [5.74, 6) is -0.265. The molecule has 0 spiro atoms. The van der Waals surface area contributed by atoms with Crippen LogP contribution in [0.2, 0.25) is 0 Å². The van der Waals surface area contributed by atoms with Crippen LogP contribution >= 0.6 is 0 Å². The topological polar surface area (TPSA) is 47.4 Å². The molecule has 1 aliphatic rings. The number of rotatable bonds is 2. The zero-order chi connectivity index (χ0) is 21.5. The molecule has 0 saturated carbocycles. The molecule has 2 aromatic carbocycles. The normalized spacial score (nSPS) is 14.7. The Morgan fingerprint density at radius 3 is 2.53 bits per heavy atom. The highest BCUT2D eigenvalue weighted by molar-refractivity contribution is 5.86. The fourth-order valence-electron chi connectivity index (χ4n) is 3.72. The predicted molar refractivity (Wildman–Crippen MR) is 116 cm³/mol. The van der Waals surface area contributed by atoms with Crippen LogP contribution in [0.4, 0.5) is 9.18 Å². The van der Waals surface area contributed by atoms with Crippen molar-refractivity contribution < 1.29 is 13.9 Å². The molecule has 3 aromatic rings. The van der Waals surface area contributed by atoms with Crippen LogP contribution in [0.1, 0.15) is 38.3 Å². The molecule has 0 N–H and O–H groups in total. The summed E-state index contributed by atoms with van der Waals surface area (Å²) in [6, 6.07) is 10.6. The fourth-order valence-corrected chi connectivity index (χ4v) is 3.72. The number of carbonyl (C=O) groups excluding carboxylic acids is 1. The van der Waals surface area contributed by atoms with E-state index in [1.165, 1.54) is 23.3 Å². The summed E-state index contributed by atoms with van der Waals surface area (Å²) in [5.41, 5.74) is 4.85. The Labute approximate surface area is 175 Å². The van der Waals surface area contributed by atoms with Gasteiger partial charge < -0.3 is 9.64 Å². The second-order valence-corrected chi connectivity index (χ2v) is 8.66. The molecule has 1 aliphatic heterocycles. The summed E-state index contributed by atoms with van der Waals surface area (Å²) in [6.45, 7) is 8.88. The van der Waals surface area contributed by atoms with Crippen molar-refractivity contribution in [2.24, 2.45) is 0 Å². The van der Waals surface area contributed by atoms with Gasteiger partial charge in [0.2, 0.25) is 0 Å². The van der Waals surface area contributed by atoms with Crippen molar-refractivity contribution >= 4 is 22.6 Å². The van der Waals surface area contributed by atoms with E-state index in [1.54, 1.807) is 17.0 Å². The smallest absolute Gasteiger partial charge is 0.410 e. The number of fused-ring (bicyclic) bond motifs is 1. The summed E-state index contributed by atoms with van der Waals surface area (Å²) >= 11 is 0. The van der Waals surface area contributed by atoms with Gasteiger partial charge in [-0.3, -0.25) is 0 Å². The van der Waals surface area contributed by atoms with Gasteiger partial charge in [0.05, 0.1) is 17.4 Å². The Kier molecular flexibility index (Phi) is 5.10. The minimum Gasteiger partial charge on any atom is -0.444 e. The first-order valence-corrected chi connectivity index (χ1v) is 10.1. The van der Waals surface area contributed by atoms with E-state index in [2.05, 4.69) is 30.2 Å². The maximum absolute atomic E-state index is 13.3. The Morgan fingerprint density at radius 2 is 1.90 bits per heavy atom. The van der Waals surface area contributed by atoms with Crippen molar-refractivity contribution in [2.75, 3.05) is 13.1 Å². The number of hydrogen-bond acceptors (Lipinski definition) is 3. The van der Waals surface area contributed by atoms with Gasteiger partial charge in [-0.25, -0.2) is 13.9 Å². The monoisotopic (exact) mass is 407 g/mol. The van der Waals surface area contributed by atoms with Crippen LogP contribution in [0.3, 0.4) is 0 Å². The molecule has 2 heterocycles. The van der Waals surface area contributed by atoms with E-state index in [4.69, 9.17) is 4.74 Å². The van der Waals surface area contributed by atoms with Gasteiger partial charge in [0, 0.05) is 18.5 Å². The van der Waals surface area contributed by atoms with Crippen molar-refractivity contribution in [3.8, 4) is 5.69 Å². The third-order valence-corrected chi connectivity index (χ3v) is 5.19. The molecule has 0 saturated heterocycles. The lowest BCUT2D eigenvalue weighted by molar-refractivity contribution is 0.0270. The highest BCUT2D eigenvalue weighted by Crippen LogP contribution is 2.30. The first-order chi connectivity index (χ1) is 14.2. The molecule has 30 heavy (non-hydrogen) atoms. The zero-order valence-corrected chi connectivity index (χ0v) is 17.8. The predicted octanol–water partition coefficient (Wildman–Crippen LogP) is 5.50. The molecule has 0 bridgehead atoms. The Hall–Kier alpha value is -3.15. The molecule has 0 unspecified atom stereocenters. The maximum Gasteiger partial charge on any atom is 0.410 e. The molecule has 0 radical (unpaired) electrons. The van der Waals surface area contributed by atoms with Crippen molar-refractivity contribution in [3.05, 3.63) is 65.6 Å². The molecule has 5 nitrogen and oxygen atoms in total. The molecule has 1 amide bonds. The average Bonchev–Trinajstić information content (AvgIpc) is 3.09. The second kappa shape index (κ2) is 7.59. The van der Waals surface area contributed by atoms with Gasteiger partial charge in [0.25, 0.3) is 0 Å². The van der Waals surface area contributed by atoms with E-state index in [-0.39, 0.29) is 11.9 Å². The molecule has 156 valence electrons. The van der Waals surface area contributed by atoms with Crippen LogP contribution in [-0.4, -0.2) is 39.5 Å². The summed E-state index contributed by atoms with van der Waals surface area (Å²) in [6.07, 6.45) is 4.44. The lowest BCUT2D eigenvalue weighted by Gasteiger charge is -2.30. The number of aryl methyl sites for hydroxylation is 1. The first kappa shape index (κ1) is 20.1. The van der Waals surface area contributed by atoms with E-state index in [9.17, 15) is 9.18 Å². The van der Waals surface area contributed by atoms with Crippen molar-refractivity contribution in [1.29, 1.82) is 0 Å². The number of carbonyl (C=O) groups is 1. The Balaban J connectivity index is 1.59. The Morgan fingerprint density at radius 1 is 1.17 bits per heavy atom. The molecule has 6 heteroatoms. The molecular formula is C24H26FN3O2. The largest absolute Gasteiger partial charge is 0.444 e. The third-order valence-electron chi connectivity index (χ3n) is 5.19. The summed E-state index contributed by atoms with van der Waals surface area (Å²) < 4.78 is 20.6. The van der Waals surface area contributed by atoms with Crippen molar-refractivity contribution in [1.82, 2.24) is 14.7 Å². The van der Waals surface area contributed by atoms with Gasteiger partial charge >= 0.3 is 6.09 Å². The number of aromatic nitrogens is 2. The van der Waals surface area contributed by atoms with Gasteiger partial charge in [-0.2, -0.15) is 5.10 Å². The highest BCUT2D eigenvalue weighted by atomic mass is 19.1. The molecule has 1 aromatic heterocycles. The standard InChI is InChI=1S/C24H26FN3O2/c1-16-13-22-18(15-26-28(22)20-7-5-19(25)6-8-20)14-21(16)17-9-11-27(12-10-17)23(29)30-24(2,3)4/h5-9,13-15H,10-12H2,1-4H3. The lowest BCUT2D eigenvalue weighted by Crippen LogP contribution is -2.39. The lowest BCUT2D eigenvalue weighted by atomic mass is 9.94. The molecular weight excluding hydrogens is 381 g/mol. The van der Waals surface area contributed by atoms with E-state index in [0.29, 0.717) is 13.1 Å². The average molecular weight is 407 g/mol. The number of halogens is 1. The van der Waals surface area contributed by atoms with Crippen molar-refractivity contribution in [2.45, 2.75) is 39.7 Å². The molecule has 0 fully saturated rings. The Bertz CT molecular complexity index is 1120. The van der Waals surface area contributed by atoms with Crippen LogP contribution in [-0.2, 0) is 4.74 Å². The van der Waals surface area contributed by atoms with E-state index >= 15 is 0 Å². The van der Waals surface area contributed by atoms with E-state index in [1.807, 2.05) is 31.6 Å². The van der Waals surface area contributed by atoms with Gasteiger partial charge in [-0.05, 0) is 87.2 Å². The molecule has 4 rings (SSSR count). The third kappa shape index (κ3) is 4.08. The van der Waals surface area contributed by atoms with E-state index < -0.39 is 5.60 Å². The summed E-state index contributed by atoms with van der Waals surface area (Å²) in [4.78, 5) is 14.0. The van der Waals surface area contributed by atoms with Crippen LogP contribution in [0.15, 0.2) is 48.7 Å². The van der Waals surface area contributed by atoms with Gasteiger partial charge in [0.15, 0.2) is 0 Å². The zero-order valence-electron chi connectivity index (χ0n) is 17.8. The van der Waals surface area contributed by atoms with Crippen LogP contribution in [0, 0.1) is 12.7 Å². The van der Waals surface area contributed by atoms with Crippen LogP contribution in [0.5, 0.6) is 0 Å². The summed E-state index contributed by atoms with van der Waals surface area (Å²) in [5, 5.41) is 5.52. The van der Waals surface area contributed by atoms with Crippen LogP contribution < -0.4 is 0 Å². The number of amides is 1.